The number of nitrogens with one attached hydrogen (secondary N) is 1. The summed E-state index contributed by atoms with van der Waals surface area (Å²) in [6, 6.07) is 7.78. The van der Waals surface area contributed by atoms with E-state index < -0.39 is 0 Å². The Morgan fingerprint density at radius 2 is 1.85 bits per heavy atom. The van der Waals surface area contributed by atoms with Gasteiger partial charge in [-0.3, -0.25) is 4.79 Å². The van der Waals surface area contributed by atoms with Gasteiger partial charge < -0.3 is 15.8 Å². The van der Waals surface area contributed by atoms with Crippen LogP contribution < -0.4 is 11.1 Å². The number of hydrogen-bond donors (Lipinski definition) is 2. The van der Waals surface area contributed by atoms with Crippen molar-refractivity contribution < 1.29 is 9.53 Å². The Kier molecular flexibility index (Phi) is 7.51. The van der Waals surface area contributed by atoms with Crippen molar-refractivity contribution in [1.29, 1.82) is 0 Å². The summed E-state index contributed by atoms with van der Waals surface area (Å²) in [5.74, 6) is -0.114. The Balaban J connectivity index is 0.00000200. The minimum Gasteiger partial charge on any atom is -0.368 e. The van der Waals surface area contributed by atoms with Crippen molar-refractivity contribution in [3.63, 3.8) is 0 Å². The molecule has 20 heavy (non-hydrogen) atoms. The lowest BCUT2D eigenvalue weighted by atomic mass is 9.94. The summed E-state index contributed by atoms with van der Waals surface area (Å²) >= 11 is 3.35. The highest BCUT2D eigenvalue weighted by molar-refractivity contribution is 9.10. The van der Waals surface area contributed by atoms with E-state index in [4.69, 9.17) is 10.5 Å². The molecule has 0 bridgehead atoms. The SMILES string of the molecule is Cl.NC1CCC(OCC(=O)Nc2ccc(Br)cc2)CC1. The second-order valence-corrected chi connectivity index (χ2v) is 5.82. The molecule has 6 heteroatoms. The number of halogens is 2. The van der Waals surface area contributed by atoms with Gasteiger partial charge >= 0.3 is 0 Å². The molecule has 0 radical (unpaired) electrons. The summed E-state index contributed by atoms with van der Waals surface area (Å²) in [6.45, 7) is 0.107. The molecule has 0 saturated heterocycles. The van der Waals surface area contributed by atoms with Crippen LogP contribution in [0.3, 0.4) is 0 Å². The lowest BCUT2D eigenvalue weighted by Crippen LogP contribution is -2.32. The monoisotopic (exact) mass is 362 g/mol. The Bertz CT molecular complexity index is 420. The molecular weight excluding hydrogens is 344 g/mol. The number of nitrogens with two attached hydrogens (primary N) is 1. The highest BCUT2D eigenvalue weighted by Crippen LogP contribution is 2.20. The minimum atomic E-state index is -0.114. The maximum Gasteiger partial charge on any atom is 0.250 e. The van der Waals surface area contributed by atoms with Crippen LogP contribution in [0.15, 0.2) is 28.7 Å². The quantitative estimate of drug-likeness (QED) is 0.864. The van der Waals surface area contributed by atoms with E-state index >= 15 is 0 Å². The molecule has 0 atom stereocenters. The lowest BCUT2D eigenvalue weighted by molar-refractivity contribution is -0.123. The number of ether oxygens (including phenoxy) is 1. The van der Waals surface area contributed by atoms with Crippen LogP contribution in [0.4, 0.5) is 5.69 Å². The molecule has 0 unspecified atom stereocenters. The van der Waals surface area contributed by atoms with E-state index in [1.807, 2.05) is 24.3 Å². The third-order valence-corrected chi connectivity index (χ3v) is 3.83. The standard InChI is InChI=1S/C14H19BrN2O2.ClH/c15-10-1-5-12(6-2-10)17-14(18)9-19-13-7-3-11(16)4-8-13;/h1-2,5-6,11,13H,3-4,7-9,16H2,(H,17,18);1H. The number of carbonyl (C=O) groups excluding carboxylic acids is 1. The molecule has 1 saturated carbocycles. The zero-order chi connectivity index (χ0) is 13.7. The Hall–Kier alpha value is -0.620. The fourth-order valence-corrected chi connectivity index (χ4v) is 2.44. The number of anilines is 1. The maximum atomic E-state index is 11.7. The van der Waals surface area contributed by atoms with E-state index in [1.54, 1.807) is 0 Å². The van der Waals surface area contributed by atoms with Gasteiger partial charge in [-0.2, -0.15) is 0 Å². The largest absolute Gasteiger partial charge is 0.368 e. The van der Waals surface area contributed by atoms with Crippen LogP contribution in [0, 0.1) is 0 Å². The zero-order valence-electron chi connectivity index (χ0n) is 11.2. The van der Waals surface area contributed by atoms with E-state index in [2.05, 4.69) is 21.2 Å². The first kappa shape index (κ1) is 17.4. The van der Waals surface area contributed by atoms with Crippen LogP contribution in [-0.2, 0) is 9.53 Å². The van der Waals surface area contributed by atoms with Gasteiger partial charge in [0.25, 0.3) is 0 Å². The topological polar surface area (TPSA) is 64.3 Å². The lowest BCUT2D eigenvalue weighted by Gasteiger charge is -2.25. The number of hydrogen-bond acceptors (Lipinski definition) is 3. The molecule has 3 N–H and O–H groups in total. The molecule has 0 heterocycles. The first-order valence-corrected chi connectivity index (χ1v) is 7.35. The van der Waals surface area contributed by atoms with Crippen molar-refractivity contribution in [1.82, 2.24) is 0 Å². The van der Waals surface area contributed by atoms with Gasteiger partial charge in [0.15, 0.2) is 0 Å². The zero-order valence-corrected chi connectivity index (χ0v) is 13.6. The van der Waals surface area contributed by atoms with Crippen molar-refractivity contribution in [3.05, 3.63) is 28.7 Å². The molecule has 4 nitrogen and oxygen atoms in total. The highest BCUT2D eigenvalue weighted by atomic mass is 79.9. The molecule has 1 aliphatic rings. The minimum absolute atomic E-state index is 0. The van der Waals surface area contributed by atoms with Crippen molar-refractivity contribution in [2.75, 3.05) is 11.9 Å². The van der Waals surface area contributed by atoms with Crippen molar-refractivity contribution in [3.8, 4) is 0 Å². The van der Waals surface area contributed by atoms with Crippen LogP contribution in [0.2, 0.25) is 0 Å². The van der Waals surface area contributed by atoms with Crippen molar-refractivity contribution in [2.24, 2.45) is 5.73 Å². The molecule has 2 rings (SSSR count). The van der Waals surface area contributed by atoms with Crippen LogP contribution in [-0.4, -0.2) is 24.7 Å². The molecule has 1 fully saturated rings. The average Bonchev–Trinajstić information content (AvgIpc) is 2.41. The predicted molar refractivity (Wildman–Crippen MR) is 86.2 cm³/mol. The fourth-order valence-electron chi connectivity index (χ4n) is 2.18. The van der Waals surface area contributed by atoms with Gasteiger partial charge in [0.1, 0.15) is 6.61 Å². The Morgan fingerprint density at radius 1 is 1.25 bits per heavy atom. The van der Waals surface area contributed by atoms with Gasteiger partial charge in [-0.15, -0.1) is 12.4 Å². The normalized spacial score (nSPS) is 21.9. The van der Waals surface area contributed by atoms with Gasteiger partial charge in [0.2, 0.25) is 5.91 Å². The first-order chi connectivity index (χ1) is 9.13. The van der Waals surface area contributed by atoms with Gasteiger partial charge in [-0.1, -0.05) is 15.9 Å². The second-order valence-electron chi connectivity index (χ2n) is 4.90. The van der Waals surface area contributed by atoms with Gasteiger partial charge in [-0.05, 0) is 49.9 Å². The molecule has 1 aromatic rings. The summed E-state index contributed by atoms with van der Waals surface area (Å²) < 4.78 is 6.60. The predicted octanol–water partition coefficient (Wildman–Crippen LogP) is 3.10. The molecule has 1 aliphatic carbocycles. The molecule has 0 spiro atoms. The first-order valence-electron chi connectivity index (χ1n) is 6.56. The van der Waals surface area contributed by atoms with Gasteiger partial charge in [0, 0.05) is 16.2 Å². The molecule has 112 valence electrons. The van der Waals surface area contributed by atoms with Crippen molar-refractivity contribution in [2.45, 2.75) is 37.8 Å². The highest BCUT2D eigenvalue weighted by Gasteiger charge is 2.19. The van der Waals surface area contributed by atoms with E-state index in [-0.39, 0.29) is 31.0 Å². The van der Waals surface area contributed by atoms with E-state index in [1.165, 1.54) is 0 Å². The molecule has 0 aliphatic heterocycles. The maximum absolute atomic E-state index is 11.7. The fraction of sp³-hybridized carbons (Fsp3) is 0.500. The average molecular weight is 364 g/mol. The van der Waals surface area contributed by atoms with Crippen LogP contribution >= 0.6 is 28.3 Å². The number of rotatable bonds is 4. The van der Waals surface area contributed by atoms with E-state index in [9.17, 15) is 4.79 Å². The van der Waals surface area contributed by atoms with E-state index in [0.717, 1.165) is 35.8 Å². The Labute approximate surface area is 134 Å². The number of carbonyl (C=O) groups is 1. The summed E-state index contributed by atoms with van der Waals surface area (Å²) in [5, 5.41) is 2.81. The molecule has 0 aromatic heterocycles. The molecular formula is C14H20BrClN2O2. The summed E-state index contributed by atoms with van der Waals surface area (Å²) in [4.78, 5) is 11.7. The van der Waals surface area contributed by atoms with Gasteiger partial charge in [0.05, 0.1) is 6.10 Å². The number of benzene rings is 1. The third-order valence-electron chi connectivity index (χ3n) is 3.30. The summed E-state index contributed by atoms with van der Waals surface area (Å²) in [5.41, 5.74) is 6.61. The third kappa shape index (κ3) is 5.79. The van der Waals surface area contributed by atoms with Crippen LogP contribution in [0.5, 0.6) is 0 Å². The van der Waals surface area contributed by atoms with Crippen LogP contribution in [0.1, 0.15) is 25.7 Å². The molecule has 1 aromatic carbocycles. The van der Waals surface area contributed by atoms with Crippen molar-refractivity contribution >= 4 is 39.9 Å². The molecule has 1 amide bonds. The van der Waals surface area contributed by atoms with Crippen LogP contribution in [0.25, 0.3) is 0 Å². The smallest absolute Gasteiger partial charge is 0.250 e. The van der Waals surface area contributed by atoms with Gasteiger partial charge in [-0.25, -0.2) is 0 Å². The summed E-state index contributed by atoms with van der Waals surface area (Å²) in [6.07, 6.45) is 4.05. The summed E-state index contributed by atoms with van der Waals surface area (Å²) in [7, 11) is 0. The second kappa shape index (κ2) is 8.62. The Morgan fingerprint density at radius 3 is 2.45 bits per heavy atom. The number of amides is 1. The van der Waals surface area contributed by atoms with E-state index in [0.29, 0.717) is 6.04 Å².